The highest BCUT2D eigenvalue weighted by molar-refractivity contribution is 7.26. The Labute approximate surface area is 838 Å². The Morgan fingerprint density at radius 2 is 0.417 bits per heavy atom. The number of fused-ring (bicyclic) bond motifs is 30. The fourth-order valence-electron chi connectivity index (χ4n) is 25.0. The highest BCUT2D eigenvalue weighted by atomic mass is 32.1. The van der Waals surface area contributed by atoms with Gasteiger partial charge in [0.1, 0.15) is 0 Å². The van der Waals surface area contributed by atoms with Crippen LogP contribution in [0.5, 0.6) is 0 Å². The van der Waals surface area contributed by atoms with Crippen LogP contribution in [0.15, 0.2) is 516 Å². The summed E-state index contributed by atoms with van der Waals surface area (Å²) in [5, 5.41) is 20.4. The second kappa shape index (κ2) is 32.8. The summed E-state index contributed by atoms with van der Waals surface area (Å²) in [6.45, 7) is 4.68. The zero-order valence-electron chi connectivity index (χ0n) is 79.3. The molecule has 0 fully saturated rings. The third-order valence-electron chi connectivity index (χ3n) is 31.6. The molecule has 0 saturated carbocycles. The Bertz CT molecular complexity index is 10200. The molecule has 144 heavy (non-hydrogen) atoms. The quantitative estimate of drug-likeness (QED) is 0.137. The summed E-state index contributed by atoms with van der Waals surface area (Å²) in [6, 6.07) is 191. The molecule has 672 valence electrons. The van der Waals surface area contributed by atoms with Crippen molar-refractivity contribution in [2.75, 3.05) is 0 Å². The molecule has 0 radical (unpaired) electrons. The van der Waals surface area contributed by atoms with E-state index in [1.807, 2.05) is 11.3 Å². The molecule has 1 spiro atoms. The number of para-hydroxylation sites is 3. The van der Waals surface area contributed by atoms with Crippen LogP contribution in [0, 0.1) is 0 Å². The first kappa shape index (κ1) is 83.0. The average molecular weight is 1850 g/mol. The van der Waals surface area contributed by atoms with Crippen LogP contribution in [0.1, 0.15) is 47.2 Å². The second-order valence-corrected chi connectivity index (χ2v) is 40.6. The van der Waals surface area contributed by atoms with E-state index in [9.17, 15) is 0 Å². The Kier molecular flexibility index (Phi) is 18.9. The highest BCUT2D eigenvalue weighted by Crippen LogP contribution is 2.64. The topological polar surface area (TPSA) is 14.8 Å². The van der Waals surface area contributed by atoms with Gasteiger partial charge in [-0.05, 0) is 282 Å². The minimum Gasteiger partial charge on any atom is -0.309 e. The number of thiophene rings is 1. The molecule has 0 saturated heterocycles. The molecule has 0 amide bonds. The van der Waals surface area contributed by atoms with Gasteiger partial charge >= 0.3 is 0 Å². The van der Waals surface area contributed by atoms with Crippen LogP contribution >= 0.6 is 11.3 Å². The van der Waals surface area contributed by atoms with Crippen molar-refractivity contribution in [1.29, 1.82) is 0 Å². The van der Waals surface area contributed by atoms with E-state index in [1.165, 1.54) is 279 Å². The molecular weight excluding hydrogens is 1760 g/mol. The van der Waals surface area contributed by atoms with E-state index in [1.54, 1.807) is 0 Å². The van der Waals surface area contributed by atoms with Crippen LogP contribution in [0.4, 0.5) is 0 Å². The number of nitrogens with zero attached hydrogens (tertiary/aromatic N) is 3. The van der Waals surface area contributed by atoms with Gasteiger partial charge < -0.3 is 13.7 Å². The summed E-state index contributed by atoms with van der Waals surface area (Å²) >= 11 is 1.88. The highest BCUT2D eigenvalue weighted by Gasteiger charge is 2.51. The number of rotatable bonds is 9. The summed E-state index contributed by atoms with van der Waals surface area (Å²) in [6.07, 6.45) is 0. The van der Waals surface area contributed by atoms with Gasteiger partial charge in [0.05, 0.1) is 55.6 Å². The fourth-order valence-corrected chi connectivity index (χ4v) is 26.1. The molecule has 0 N–H and O–H groups in total. The van der Waals surface area contributed by atoms with Crippen LogP contribution in [-0.2, 0) is 10.8 Å². The minimum absolute atomic E-state index is 0.0208. The van der Waals surface area contributed by atoms with E-state index in [0.717, 1.165) is 0 Å². The van der Waals surface area contributed by atoms with Gasteiger partial charge in [0.25, 0.3) is 0 Å². The van der Waals surface area contributed by atoms with Crippen molar-refractivity contribution in [3.05, 3.63) is 549 Å². The second-order valence-electron chi connectivity index (χ2n) is 39.5. The fraction of sp³-hybridized carbons (Fsp3) is 0.0286. The molecule has 0 bridgehead atoms. The van der Waals surface area contributed by atoms with Gasteiger partial charge in [-0.15, -0.1) is 11.3 Å². The van der Waals surface area contributed by atoms with E-state index < -0.39 is 0 Å². The lowest BCUT2D eigenvalue weighted by Gasteiger charge is -2.30. The lowest BCUT2D eigenvalue weighted by molar-refractivity contribution is 0.660. The van der Waals surface area contributed by atoms with Crippen LogP contribution in [0.2, 0.25) is 0 Å². The van der Waals surface area contributed by atoms with Gasteiger partial charge in [-0.2, -0.15) is 0 Å². The van der Waals surface area contributed by atoms with Gasteiger partial charge in [-0.25, -0.2) is 0 Å². The molecule has 0 aliphatic heterocycles. The number of aromatic nitrogens is 3. The predicted molar refractivity (Wildman–Crippen MR) is 612 cm³/mol. The third-order valence-corrected chi connectivity index (χ3v) is 32.7. The molecule has 4 heteroatoms. The molecular formula is C140H91N3S. The summed E-state index contributed by atoms with van der Waals surface area (Å²) in [5.41, 5.74) is 41.8. The van der Waals surface area contributed by atoms with Gasteiger partial charge in [-0.3, -0.25) is 0 Å². The van der Waals surface area contributed by atoms with E-state index in [0.29, 0.717) is 0 Å². The monoisotopic (exact) mass is 1850 g/mol. The van der Waals surface area contributed by atoms with Gasteiger partial charge in [0, 0.05) is 74.1 Å². The average Bonchev–Trinajstić information content (AvgIpc) is 1.50. The lowest BCUT2D eigenvalue weighted by atomic mass is 9.70. The van der Waals surface area contributed by atoms with E-state index in [-0.39, 0.29) is 10.8 Å². The van der Waals surface area contributed by atoms with Crippen molar-refractivity contribution in [1.82, 2.24) is 13.7 Å². The van der Waals surface area contributed by atoms with Gasteiger partial charge in [0.15, 0.2) is 0 Å². The minimum atomic E-state index is -0.319. The molecule has 31 rings (SSSR count). The maximum atomic E-state index is 2.44. The molecule has 3 aliphatic carbocycles. The summed E-state index contributed by atoms with van der Waals surface area (Å²) in [5.74, 6) is 0. The van der Waals surface area contributed by atoms with Crippen LogP contribution < -0.4 is 0 Å². The molecule has 3 aliphatic rings. The van der Waals surface area contributed by atoms with Crippen molar-refractivity contribution < 1.29 is 0 Å². The van der Waals surface area contributed by atoms with Gasteiger partial charge in [0.2, 0.25) is 0 Å². The molecule has 4 heterocycles. The zero-order chi connectivity index (χ0) is 95.0. The maximum absolute atomic E-state index is 2.44. The Balaban J connectivity index is 0.000000103. The van der Waals surface area contributed by atoms with Crippen LogP contribution in [-0.4, -0.2) is 13.7 Å². The van der Waals surface area contributed by atoms with Gasteiger partial charge in [-0.1, -0.05) is 408 Å². The van der Waals surface area contributed by atoms with Crippen molar-refractivity contribution >= 4 is 140 Å². The predicted octanol–water partition coefficient (Wildman–Crippen LogP) is 38.0. The molecule has 3 nitrogen and oxygen atoms in total. The molecule has 0 unspecified atom stereocenters. The number of benzene rings is 24. The zero-order valence-corrected chi connectivity index (χ0v) is 80.1. The van der Waals surface area contributed by atoms with E-state index in [4.69, 9.17) is 0 Å². The Morgan fingerprint density at radius 1 is 0.160 bits per heavy atom. The standard InChI is InChI=1S/C53H33N.C44H27NS.C43H31N/c1-2-17-39-34(13-1)14-12-26-50(39)54-51-25-10-6-21-43(51)45-33-38(28-30-52(45)54)36-16-11-15-35(31-36)37-27-29-49-44(32-37)42-20-5-9-24-48(42)53(49)46-22-7-3-18-40(46)41-19-4-8-23-47(41)53;1-3-14-34-28(9-1)11-8-18-39(34)45-40-17-6-5-16-36(40)37-26-32(19-22-41(37)45)30-12-7-13-31(25-30)33-21-23-42-38(27-33)44-35-15-4-2-10-29(35)20-24-43(44)46-42;1-43(2)38-18-7-5-16-34(38)36-26-31(21-23-39(36)43)29-13-9-14-30(25-29)32-22-24-42-37(27-32)35-17-6-8-19-41(35)44(42)40-20-10-12-28-11-3-4-15-33(28)40/h1-33H;1-27H;3-27H,1-2H3. The first-order valence-corrected chi connectivity index (χ1v) is 50.9. The summed E-state index contributed by atoms with van der Waals surface area (Å²) in [4.78, 5) is 0. The van der Waals surface area contributed by atoms with Crippen molar-refractivity contribution in [2.45, 2.75) is 24.7 Å². The first-order chi connectivity index (χ1) is 71.2. The lowest BCUT2D eigenvalue weighted by Crippen LogP contribution is -2.25. The summed E-state index contributed by atoms with van der Waals surface area (Å²) < 4.78 is 9.97. The van der Waals surface area contributed by atoms with Crippen molar-refractivity contribution in [3.63, 3.8) is 0 Å². The van der Waals surface area contributed by atoms with E-state index >= 15 is 0 Å². The van der Waals surface area contributed by atoms with Crippen molar-refractivity contribution in [3.8, 4) is 117 Å². The molecule has 0 atom stereocenters. The molecule has 28 aromatic rings. The smallest absolute Gasteiger partial charge is 0.0725 e. The van der Waals surface area contributed by atoms with Crippen LogP contribution in [0.25, 0.3) is 246 Å². The summed E-state index contributed by atoms with van der Waals surface area (Å²) in [7, 11) is 0. The Hall–Kier alpha value is -18.1. The van der Waals surface area contributed by atoms with Crippen molar-refractivity contribution in [2.24, 2.45) is 0 Å². The maximum Gasteiger partial charge on any atom is 0.0725 e. The first-order valence-electron chi connectivity index (χ1n) is 50.1. The van der Waals surface area contributed by atoms with E-state index in [2.05, 4.69) is 543 Å². The Morgan fingerprint density at radius 3 is 0.833 bits per heavy atom. The number of hydrogen-bond donors (Lipinski definition) is 0. The third kappa shape index (κ3) is 12.8. The SMILES string of the molecule is CC1(C)c2ccccc2-c2cc(-c3cccc(-c4ccc5c(c4)c4ccccc4n5-c4cccc5ccccc45)c3)ccc21.c1cc(-c2ccc3c(c2)-c2ccccc2C32c3ccccc3-c3ccccc32)cc(-c2ccc3c(c2)c2ccccc2n3-c2cccc3ccccc23)c1.c1cc(-c2ccc3sc4ccc5ccccc5c4c3c2)cc(-c2ccc3c(c2)c2ccccc2n3-c2cccc3ccccc23)c1. The van der Waals surface area contributed by atoms with Crippen LogP contribution in [0.3, 0.4) is 0 Å². The normalized spacial score (nSPS) is 12.9. The molecule has 4 aromatic heterocycles. The largest absolute Gasteiger partial charge is 0.309 e. The molecule has 24 aromatic carbocycles. The number of hydrogen-bond acceptors (Lipinski definition) is 1.